The molecule has 5 nitrogen and oxygen atoms in total. The highest BCUT2D eigenvalue weighted by molar-refractivity contribution is 5.78. The van der Waals surface area contributed by atoms with E-state index in [1.807, 2.05) is 24.3 Å². The molecule has 0 aromatic heterocycles. The molecule has 0 aliphatic carbocycles. The Kier molecular flexibility index (Phi) is 4.66. The molecule has 0 bridgehead atoms. The van der Waals surface area contributed by atoms with Crippen molar-refractivity contribution in [1.29, 1.82) is 0 Å². The van der Waals surface area contributed by atoms with E-state index >= 15 is 0 Å². The lowest BCUT2D eigenvalue weighted by Crippen LogP contribution is -2.35. The number of carbonyl (C=O) groups excluding carboxylic acids is 1. The number of nitrogens with one attached hydrogen (secondary N) is 1. The number of methoxy groups -OCH3 is 1. The molecular weight excluding hydrogens is 294 g/mol. The van der Waals surface area contributed by atoms with Crippen LogP contribution in [0.4, 0.5) is 0 Å². The Morgan fingerprint density at radius 2 is 1.91 bits per heavy atom. The summed E-state index contributed by atoms with van der Waals surface area (Å²) in [7, 11) is 1.61. The predicted molar refractivity (Wildman–Crippen MR) is 85.9 cm³/mol. The quantitative estimate of drug-likeness (QED) is 0.922. The van der Waals surface area contributed by atoms with E-state index in [1.165, 1.54) is 0 Å². The highest BCUT2D eigenvalue weighted by Crippen LogP contribution is 2.31. The van der Waals surface area contributed by atoms with E-state index in [9.17, 15) is 4.79 Å². The highest BCUT2D eigenvalue weighted by Gasteiger charge is 2.22. The molecule has 0 fully saturated rings. The Bertz CT molecular complexity index is 669. The maximum atomic E-state index is 12.1. The van der Waals surface area contributed by atoms with Crippen molar-refractivity contribution in [1.82, 2.24) is 5.32 Å². The number of carbonyl (C=O) groups is 1. The normalized spacial score (nSPS) is 16.0. The van der Waals surface area contributed by atoms with Crippen LogP contribution in [-0.2, 0) is 4.79 Å². The van der Waals surface area contributed by atoms with Crippen LogP contribution in [-0.4, -0.2) is 26.2 Å². The Morgan fingerprint density at radius 3 is 2.70 bits per heavy atom. The Hall–Kier alpha value is -2.69. The first-order valence-corrected chi connectivity index (χ1v) is 7.54. The zero-order chi connectivity index (χ0) is 16.1. The van der Waals surface area contributed by atoms with Crippen LogP contribution < -0.4 is 19.5 Å². The van der Waals surface area contributed by atoms with E-state index in [0.29, 0.717) is 12.4 Å². The summed E-state index contributed by atoms with van der Waals surface area (Å²) in [5.41, 5.74) is 1.01. The fourth-order valence-electron chi connectivity index (χ4n) is 2.55. The largest absolute Gasteiger partial charge is 0.497 e. The van der Waals surface area contributed by atoms with Crippen molar-refractivity contribution in [2.75, 3.05) is 20.3 Å². The second-order valence-electron chi connectivity index (χ2n) is 5.26. The third-order valence-corrected chi connectivity index (χ3v) is 3.72. The van der Waals surface area contributed by atoms with Crippen molar-refractivity contribution in [3.05, 3.63) is 54.1 Å². The molecule has 2 aromatic rings. The smallest absolute Gasteiger partial charge is 0.258 e. The van der Waals surface area contributed by atoms with Gasteiger partial charge in [-0.1, -0.05) is 18.2 Å². The number of para-hydroxylation sites is 1. The van der Waals surface area contributed by atoms with Gasteiger partial charge in [-0.05, 0) is 30.3 Å². The SMILES string of the molecule is COc1ccc(OCC(=O)N[C@H]2CCOc3ccccc32)cc1. The van der Waals surface area contributed by atoms with Gasteiger partial charge >= 0.3 is 0 Å². The number of hydrogen-bond acceptors (Lipinski definition) is 4. The lowest BCUT2D eigenvalue weighted by Gasteiger charge is -2.26. The van der Waals surface area contributed by atoms with Gasteiger partial charge in [-0.3, -0.25) is 4.79 Å². The van der Waals surface area contributed by atoms with Crippen LogP contribution in [0.25, 0.3) is 0 Å². The first kappa shape index (κ1) is 15.2. The summed E-state index contributed by atoms with van der Waals surface area (Å²) in [6.07, 6.45) is 0.755. The summed E-state index contributed by atoms with van der Waals surface area (Å²) < 4.78 is 16.2. The van der Waals surface area contributed by atoms with Crippen molar-refractivity contribution in [3.63, 3.8) is 0 Å². The Labute approximate surface area is 135 Å². The first-order valence-electron chi connectivity index (χ1n) is 7.54. The van der Waals surface area contributed by atoms with Gasteiger partial charge in [0, 0.05) is 12.0 Å². The summed E-state index contributed by atoms with van der Waals surface area (Å²) in [4.78, 5) is 12.1. The van der Waals surface area contributed by atoms with Crippen LogP contribution in [0.5, 0.6) is 17.2 Å². The van der Waals surface area contributed by atoms with Gasteiger partial charge in [-0.25, -0.2) is 0 Å². The van der Waals surface area contributed by atoms with Gasteiger partial charge < -0.3 is 19.5 Å². The molecule has 5 heteroatoms. The Morgan fingerprint density at radius 1 is 1.17 bits per heavy atom. The van der Waals surface area contributed by atoms with Crippen molar-refractivity contribution in [3.8, 4) is 17.2 Å². The molecule has 1 amide bonds. The van der Waals surface area contributed by atoms with Crippen LogP contribution in [0.15, 0.2) is 48.5 Å². The number of benzene rings is 2. The maximum Gasteiger partial charge on any atom is 0.258 e. The van der Waals surface area contributed by atoms with Gasteiger partial charge in [0.2, 0.25) is 0 Å². The van der Waals surface area contributed by atoms with E-state index in [4.69, 9.17) is 14.2 Å². The minimum atomic E-state index is -0.150. The molecular formula is C18H19NO4. The topological polar surface area (TPSA) is 56.8 Å². The van der Waals surface area contributed by atoms with Gasteiger partial charge in [0.25, 0.3) is 5.91 Å². The molecule has 1 aliphatic rings. The average Bonchev–Trinajstić information content (AvgIpc) is 2.61. The van der Waals surface area contributed by atoms with E-state index < -0.39 is 0 Å². The number of amides is 1. The molecule has 0 radical (unpaired) electrons. The summed E-state index contributed by atoms with van der Waals surface area (Å²) >= 11 is 0. The number of hydrogen-bond donors (Lipinski definition) is 1. The maximum absolute atomic E-state index is 12.1. The van der Waals surface area contributed by atoms with E-state index in [0.717, 1.165) is 23.5 Å². The summed E-state index contributed by atoms with van der Waals surface area (Å²) in [6, 6.07) is 14.9. The minimum absolute atomic E-state index is 0.0220. The van der Waals surface area contributed by atoms with E-state index in [1.54, 1.807) is 31.4 Å². The van der Waals surface area contributed by atoms with Crippen LogP contribution >= 0.6 is 0 Å². The van der Waals surface area contributed by atoms with Crippen molar-refractivity contribution in [2.45, 2.75) is 12.5 Å². The molecule has 0 saturated heterocycles. The molecule has 1 heterocycles. The molecule has 3 rings (SSSR count). The summed E-state index contributed by atoms with van der Waals surface area (Å²) in [6.45, 7) is 0.577. The van der Waals surface area contributed by atoms with Crippen LogP contribution in [0, 0.1) is 0 Å². The zero-order valence-electron chi connectivity index (χ0n) is 13.0. The lowest BCUT2D eigenvalue weighted by molar-refractivity contribution is -0.124. The third-order valence-electron chi connectivity index (χ3n) is 3.72. The fraction of sp³-hybridized carbons (Fsp3) is 0.278. The van der Waals surface area contributed by atoms with Gasteiger partial charge in [0.05, 0.1) is 19.8 Å². The lowest BCUT2D eigenvalue weighted by atomic mass is 10.0. The number of rotatable bonds is 5. The molecule has 1 aliphatic heterocycles. The van der Waals surface area contributed by atoms with Gasteiger partial charge in [-0.15, -0.1) is 0 Å². The number of fused-ring (bicyclic) bond motifs is 1. The van der Waals surface area contributed by atoms with Gasteiger partial charge in [0.1, 0.15) is 17.2 Å². The van der Waals surface area contributed by atoms with Crippen molar-refractivity contribution < 1.29 is 19.0 Å². The molecule has 1 atom stereocenters. The highest BCUT2D eigenvalue weighted by atomic mass is 16.5. The predicted octanol–water partition coefficient (Wildman–Crippen LogP) is 2.71. The van der Waals surface area contributed by atoms with Crippen LogP contribution in [0.3, 0.4) is 0 Å². The number of ether oxygens (including phenoxy) is 3. The first-order chi connectivity index (χ1) is 11.3. The summed E-state index contributed by atoms with van der Waals surface area (Å²) in [5.74, 6) is 2.07. The standard InChI is InChI=1S/C18H19NO4/c1-21-13-6-8-14(9-7-13)23-12-18(20)19-16-10-11-22-17-5-3-2-4-15(16)17/h2-9,16H,10-12H2,1H3,(H,19,20)/t16-/m0/s1. The Balaban J connectivity index is 1.55. The molecule has 0 saturated carbocycles. The molecule has 1 N–H and O–H groups in total. The monoisotopic (exact) mass is 313 g/mol. The van der Waals surface area contributed by atoms with Gasteiger partial charge in [-0.2, -0.15) is 0 Å². The second-order valence-corrected chi connectivity index (χ2v) is 5.26. The molecule has 0 unspecified atom stereocenters. The minimum Gasteiger partial charge on any atom is -0.497 e. The van der Waals surface area contributed by atoms with Crippen molar-refractivity contribution >= 4 is 5.91 Å². The van der Waals surface area contributed by atoms with E-state index in [2.05, 4.69) is 5.32 Å². The zero-order valence-corrected chi connectivity index (χ0v) is 13.0. The average molecular weight is 313 g/mol. The van der Waals surface area contributed by atoms with Crippen LogP contribution in [0.1, 0.15) is 18.0 Å². The second kappa shape index (κ2) is 7.05. The van der Waals surface area contributed by atoms with Crippen molar-refractivity contribution in [2.24, 2.45) is 0 Å². The van der Waals surface area contributed by atoms with Gasteiger partial charge in [0.15, 0.2) is 6.61 Å². The molecule has 0 spiro atoms. The molecule has 2 aromatic carbocycles. The fourth-order valence-corrected chi connectivity index (χ4v) is 2.55. The molecule has 120 valence electrons. The van der Waals surface area contributed by atoms with Crippen LogP contribution in [0.2, 0.25) is 0 Å². The molecule has 23 heavy (non-hydrogen) atoms. The third kappa shape index (κ3) is 3.74. The van der Waals surface area contributed by atoms with E-state index in [-0.39, 0.29) is 18.6 Å². The summed E-state index contributed by atoms with van der Waals surface area (Å²) in [5, 5.41) is 3.00.